The van der Waals surface area contributed by atoms with Crippen LogP contribution in [0.4, 0.5) is 10.6 Å². The Kier molecular flexibility index (Phi) is 8.27. The number of hydrogen-bond donors (Lipinski definition) is 8. The summed E-state index contributed by atoms with van der Waals surface area (Å²) in [5, 5.41) is 41.1. The van der Waals surface area contributed by atoms with Crippen LogP contribution in [0.5, 0.6) is 0 Å². The Labute approximate surface area is 240 Å². The van der Waals surface area contributed by atoms with Crippen LogP contribution >= 0.6 is 0 Å². The van der Waals surface area contributed by atoms with Gasteiger partial charge in [0.15, 0.2) is 17.7 Å². The van der Waals surface area contributed by atoms with Gasteiger partial charge in [-0.15, -0.1) is 0 Å². The highest BCUT2D eigenvalue weighted by atomic mass is 16.6. The summed E-state index contributed by atoms with van der Waals surface area (Å²) < 4.78 is 11.2. The maximum absolute atomic E-state index is 13.6. The third-order valence-corrected chi connectivity index (χ3v) is 6.85. The van der Waals surface area contributed by atoms with Gasteiger partial charge in [0.05, 0.1) is 19.0 Å². The molecular formula is C27H34N8O7. The van der Waals surface area contributed by atoms with E-state index in [0.29, 0.717) is 11.2 Å². The topological polar surface area (TPSA) is 220 Å². The van der Waals surface area contributed by atoms with Crippen LogP contribution in [0, 0.1) is 0 Å². The number of carbonyl (C=O) groups is 2. The summed E-state index contributed by atoms with van der Waals surface area (Å²) in [5.74, 6) is -0.418. The first-order chi connectivity index (χ1) is 20.0. The highest BCUT2D eigenvalue weighted by molar-refractivity contribution is 5.88. The lowest BCUT2D eigenvalue weighted by Crippen LogP contribution is -2.67. The van der Waals surface area contributed by atoms with E-state index in [1.54, 1.807) is 27.0 Å². The van der Waals surface area contributed by atoms with Gasteiger partial charge in [0, 0.05) is 23.5 Å². The number of aromatic nitrogens is 5. The highest BCUT2D eigenvalue weighted by Gasteiger charge is 2.46. The molecule has 6 atom stereocenters. The molecule has 8 N–H and O–H groups in total. The Morgan fingerprint density at radius 1 is 1.12 bits per heavy atom. The van der Waals surface area contributed by atoms with Crippen molar-refractivity contribution in [3.63, 3.8) is 0 Å². The second kappa shape index (κ2) is 11.9. The van der Waals surface area contributed by atoms with Gasteiger partial charge in [-0.05, 0) is 32.4 Å². The number of aliphatic hydroxyl groups is 3. The molecule has 5 rings (SSSR count). The first-order valence-corrected chi connectivity index (χ1v) is 13.4. The number of aliphatic hydroxyl groups excluding tert-OH is 3. The molecule has 1 aliphatic rings. The van der Waals surface area contributed by atoms with Gasteiger partial charge in [0.2, 0.25) is 5.91 Å². The molecule has 3 aromatic heterocycles. The Morgan fingerprint density at radius 3 is 2.67 bits per heavy atom. The largest absolute Gasteiger partial charge is 0.444 e. The Morgan fingerprint density at radius 2 is 1.90 bits per heavy atom. The Hall–Kier alpha value is -4.31. The van der Waals surface area contributed by atoms with E-state index < -0.39 is 60.8 Å². The number of rotatable bonds is 8. The predicted octanol–water partition coefficient (Wildman–Crippen LogP) is 0.306. The summed E-state index contributed by atoms with van der Waals surface area (Å²) in [4.78, 5) is 44.5. The maximum Gasteiger partial charge on any atom is 0.408 e. The van der Waals surface area contributed by atoms with Crippen LogP contribution in [0.25, 0.3) is 22.1 Å². The van der Waals surface area contributed by atoms with Crippen LogP contribution in [-0.4, -0.2) is 101 Å². The third kappa shape index (κ3) is 6.28. The quantitative estimate of drug-likeness (QED) is 0.141. The molecule has 1 fully saturated rings. The van der Waals surface area contributed by atoms with Crippen LogP contribution < -0.4 is 16.0 Å². The average molecular weight is 583 g/mol. The van der Waals surface area contributed by atoms with Crippen molar-refractivity contribution in [3.05, 3.63) is 48.7 Å². The third-order valence-electron chi connectivity index (χ3n) is 6.85. The number of alkyl carbamates (subject to hydrolysis) is 1. The maximum atomic E-state index is 13.6. The molecular weight excluding hydrogens is 548 g/mol. The normalized spacial score (nSPS) is 23.4. The van der Waals surface area contributed by atoms with Crippen LogP contribution in [0.15, 0.2) is 43.1 Å². The molecule has 0 bridgehead atoms. The molecule has 224 valence electrons. The monoisotopic (exact) mass is 582 g/mol. The minimum Gasteiger partial charge on any atom is -0.444 e. The molecule has 0 spiro atoms. The Balaban J connectivity index is 1.34. The average Bonchev–Trinajstić information content (AvgIpc) is 3.59. The minimum absolute atomic E-state index is 0.0865. The molecule has 0 saturated carbocycles. The smallest absolute Gasteiger partial charge is 0.408 e. The first kappa shape index (κ1) is 29.2. The van der Waals surface area contributed by atoms with E-state index >= 15 is 0 Å². The number of carbonyl (C=O) groups excluding carboxylic acids is 2. The zero-order chi connectivity index (χ0) is 30.0. The van der Waals surface area contributed by atoms with E-state index in [9.17, 15) is 24.9 Å². The fourth-order valence-corrected chi connectivity index (χ4v) is 4.87. The number of H-pyrrole nitrogens is 2. The van der Waals surface area contributed by atoms with E-state index in [1.807, 2.05) is 24.3 Å². The van der Waals surface area contributed by atoms with Gasteiger partial charge >= 0.3 is 6.09 Å². The number of imidazole rings is 1. The van der Waals surface area contributed by atoms with Crippen molar-refractivity contribution in [3.8, 4) is 0 Å². The number of hydrogen-bond acceptors (Lipinski definition) is 11. The minimum atomic E-state index is -1.56. The number of anilines is 1. The van der Waals surface area contributed by atoms with E-state index in [1.165, 1.54) is 12.7 Å². The zero-order valence-electron chi connectivity index (χ0n) is 23.2. The van der Waals surface area contributed by atoms with Crippen LogP contribution in [0.1, 0.15) is 26.3 Å². The number of fused-ring (bicyclic) bond motifs is 2. The molecule has 1 aliphatic heterocycles. The van der Waals surface area contributed by atoms with Gasteiger partial charge in [-0.1, -0.05) is 18.2 Å². The van der Waals surface area contributed by atoms with E-state index in [0.717, 1.165) is 16.5 Å². The van der Waals surface area contributed by atoms with Crippen molar-refractivity contribution < 1.29 is 34.4 Å². The van der Waals surface area contributed by atoms with E-state index in [-0.39, 0.29) is 12.2 Å². The number of nitrogens with zero attached hydrogens (tertiary/aromatic N) is 3. The molecule has 0 radical (unpaired) electrons. The molecule has 4 heterocycles. The van der Waals surface area contributed by atoms with Crippen LogP contribution in [0.2, 0.25) is 0 Å². The molecule has 42 heavy (non-hydrogen) atoms. The summed E-state index contributed by atoms with van der Waals surface area (Å²) in [6.07, 6.45) is -1.70. The van der Waals surface area contributed by atoms with Crippen LogP contribution in [0.3, 0.4) is 0 Å². The molecule has 4 aromatic rings. The lowest BCUT2D eigenvalue weighted by molar-refractivity contribution is -0.185. The number of amides is 2. The van der Waals surface area contributed by atoms with Crippen molar-refractivity contribution in [1.29, 1.82) is 0 Å². The van der Waals surface area contributed by atoms with E-state index in [2.05, 4.69) is 40.9 Å². The number of para-hydroxylation sites is 1. The summed E-state index contributed by atoms with van der Waals surface area (Å²) in [6, 6.07) is 5.17. The number of benzene rings is 1. The summed E-state index contributed by atoms with van der Waals surface area (Å²) in [7, 11) is 0. The summed E-state index contributed by atoms with van der Waals surface area (Å²) >= 11 is 0. The van der Waals surface area contributed by atoms with Crippen LogP contribution in [-0.2, 0) is 20.7 Å². The van der Waals surface area contributed by atoms with Gasteiger partial charge in [0.1, 0.15) is 41.8 Å². The molecule has 1 aromatic carbocycles. The van der Waals surface area contributed by atoms with Crippen molar-refractivity contribution in [2.45, 2.75) is 69.4 Å². The van der Waals surface area contributed by atoms with Gasteiger partial charge in [-0.25, -0.2) is 19.7 Å². The van der Waals surface area contributed by atoms with Gasteiger partial charge < -0.3 is 50.7 Å². The van der Waals surface area contributed by atoms with Gasteiger partial charge in [-0.3, -0.25) is 4.79 Å². The second-order valence-electron chi connectivity index (χ2n) is 11.0. The number of nitrogens with one attached hydrogen (secondary N) is 5. The number of ether oxygens (including phenoxy) is 2. The second-order valence-corrected chi connectivity index (χ2v) is 11.0. The van der Waals surface area contributed by atoms with Crippen molar-refractivity contribution in [2.24, 2.45) is 0 Å². The molecule has 1 saturated heterocycles. The fourth-order valence-electron chi connectivity index (χ4n) is 4.87. The molecule has 15 heteroatoms. The molecule has 2 amide bonds. The van der Waals surface area contributed by atoms with Crippen molar-refractivity contribution >= 4 is 39.9 Å². The summed E-state index contributed by atoms with van der Waals surface area (Å²) in [6.45, 7) is 4.51. The van der Waals surface area contributed by atoms with Gasteiger partial charge in [0.25, 0.3) is 0 Å². The number of aromatic amines is 2. The van der Waals surface area contributed by atoms with E-state index in [4.69, 9.17) is 9.47 Å². The van der Waals surface area contributed by atoms with Crippen molar-refractivity contribution in [1.82, 2.24) is 35.6 Å². The van der Waals surface area contributed by atoms with Gasteiger partial charge in [-0.2, -0.15) is 0 Å². The zero-order valence-corrected chi connectivity index (χ0v) is 23.2. The molecule has 15 nitrogen and oxygen atoms in total. The van der Waals surface area contributed by atoms with Crippen molar-refractivity contribution in [2.75, 3.05) is 11.9 Å². The highest BCUT2D eigenvalue weighted by Crippen LogP contribution is 2.25. The SMILES string of the molecule is CC(C)(C)OC(=O)N[C@H](Cc1c[nH]c2ccccc12)C(=O)N[C@@H]1[C@@H](O)[C@H](O)[C@@H](Nc2ncnc3nc[nH]c23)O[C@H]1CO. The fraction of sp³-hybridized carbons (Fsp3) is 0.444. The lowest BCUT2D eigenvalue weighted by atomic mass is 9.94. The Bertz CT molecular complexity index is 1550. The standard InChI is InChI=1S/C27H34N8O7/c1-27(2,3)42-26(40)33-16(8-13-9-28-15-7-5-4-6-14(13)15)24(39)34-18-17(10-36)41-25(21(38)20(18)37)35-23-19-22(30-11-29-19)31-12-32-23/h4-7,9,11-12,16-18,20-21,25,28,36-38H,8,10H2,1-3H3,(H,33,40)(H,34,39)(H2,29,30,31,32,35)/t16-,17+,18+,20-,21+,25+/m1/s1. The predicted molar refractivity (Wildman–Crippen MR) is 150 cm³/mol. The summed E-state index contributed by atoms with van der Waals surface area (Å²) in [5.41, 5.74) is 1.64. The first-order valence-electron chi connectivity index (χ1n) is 13.4. The lowest BCUT2D eigenvalue weighted by Gasteiger charge is -2.43. The molecule has 0 aliphatic carbocycles. The molecule has 0 unspecified atom stereocenters.